The van der Waals surface area contributed by atoms with Gasteiger partial charge in [0.15, 0.2) is 6.79 Å². The predicted octanol–water partition coefficient (Wildman–Crippen LogP) is 3.14. The average molecular weight is 212 g/mol. The van der Waals surface area contributed by atoms with E-state index in [-0.39, 0.29) is 6.10 Å². The summed E-state index contributed by atoms with van der Waals surface area (Å²) in [5, 5.41) is 0. The fourth-order valence-corrected chi connectivity index (χ4v) is 1.99. The number of ether oxygens (including phenoxy) is 2. The van der Waals surface area contributed by atoms with Crippen LogP contribution in [0.1, 0.15) is 17.2 Å². The van der Waals surface area contributed by atoms with Gasteiger partial charge in [-0.1, -0.05) is 48.5 Å². The van der Waals surface area contributed by atoms with Gasteiger partial charge in [0.05, 0.1) is 0 Å². The van der Waals surface area contributed by atoms with Crippen molar-refractivity contribution in [3.8, 4) is 5.75 Å². The van der Waals surface area contributed by atoms with E-state index in [9.17, 15) is 0 Å². The zero-order valence-corrected chi connectivity index (χ0v) is 8.80. The second-order valence-electron chi connectivity index (χ2n) is 3.76. The van der Waals surface area contributed by atoms with Gasteiger partial charge in [-0.2, -0.15) is 0 Å². The molecule has 1 aliphatic rings. The highest BCUT2D eigenvalue weighted by molar-refractivity contribution is 5.41. The van der Waals surface area contributed by atoms with Crippen molar-refractivity contribution in [1.29, 1.82) is 0 Å². The molecule has 1 aliphatic heterocycles. The predicted molar refractivity (Wildman–Crippen MR) is 61.3 cm³/mol. The minimum absolute atomic E-state index is 0.00819. The third kappa shape index (κ3) is 1.57. The molecule has 1 atom stereocenters. The summed E-state index contributed by atoms with van der Waals surface area (Å²) in [7, 11) is 0. The largest absolute Gasteiger partial charge is 0.467 e. The SMILES string of the molecule is c1ccc(C2OCOc3ccccc32)cc1. The van der Waals surface area contributed by atoms with Crippen LogP contribution in [0.5, 0.6) is 5.75 Å². The van der Waals surface area contributed by atoms with E-state index in [4.69, 9.17) is 9.47 Å². The Morgan fingerprint density at radius 1 is 0.875 bits per heavy atom. The maximum Gasteiger partial charge on any atom is 0.190 e. The molecular formula is C14H12O2. The second-order valence-corrected chi connectivity index (χ2v) is 3.76. The Morgan fingerprint density at radius 3 is 2.50 bits per heavy atom. The van der Waals surface area contributed by atoms with Gasteiger partial charge in [0.25, 0.3) is 0 Å². The zero-order valence-electron chi connectivity index (χ0n) is 8.80. The summed E-state index contributed by atoms with van der Waals surface area (Å²) in [6, 6.07) is 18.2. The lowest BCUT2D eigenvalue weighted by atomic mass is 10.00. The lowest BCUT2D eigenvalue weighted by molar-refractivity contribution is -0.0419. The molecule has 80 valence electrons. The first kappa shape index (κ1) is 9.43. The number of hydrogen-bond acceptors (Lipinski definition) is 2. The Kier molecular flexibility index (Phi) is 2.35. The van der Waals surface area contributed by atoms with Crippen LogP contribution in [0.2, 0.25) is 0 Å². The number of rotatable bonds is 1. The van der Waals surface area contributed by atoms with Crippen LogP contribution < -0.4 is 4.74 Å². The molecule has 1 heterocycles. The normalized spacial score (nSPS) is 18.6. The smallest absolute Gasteiger partial charge is 0.190 e. The van der Waals surface area contributed by atoms with Crippen molar-refractivity contribution >= 4 is 0 Å². The van der Waals surface area contributed by atoms with Gasteiger partial charge in [-0.3, -0.25) is 0 Å². The molecule has 0 saturated carbocycles. The molecule has 0 saturated heterocycles. The highest BCUT2D eigenvalue weighted by atomic mass is 16.7. The van der Waals surface area contributed by atoms with Gasteiger partial charge >= 0.3 is 0 Å². The number of hydrogen-bond donors (Lipinski definition) is 0. The first-order chi connectivity index (χ1) is 7.95. The van der Waals surface area contributed by atoms with Crippen LogP contribution in [0.4, 0.5) is 0 Å². The molecule has 0 N–H and O–H groups in total. The summed E-state index contributed by atoms with van der Waals surface area (Å²) in [6.45, 7) is 0.316. The summed E-state index contributed by atoms with van der Waals surface area (Å²) >= 11 is 0. The Balaban J connectivity index is 2.05. The lowest BCUT2D eigenvalue weighted by Crippen LogP contribution is -2.17. The van der Waals surface area contributed by atoms with Crippen LogP contribution in [0, 0.1) is 0 Å². The number of benzene rings is 2. The van der Waals surface area contributed by atoms with Crippen LogP contribution in [-0.4, -0.2) is 6.79 Å². The summed E-state index contributed by atoms with van der Waals surface area (Å²) < 4.78 is 11.1. The fourth-order valence-electron chi connectivity index (χ4n) is 1.99. The summed E-state index contributed by atoms with van der Waals surface area (Å²) in [5.41, 5.74) is 2.26. The van der Waals surface area contributed by atoms with Gasteiger partial charge in [-0.25, -0.2) is 0 Å². The van der Waals surface area contributed by atoms with Crippen molar-refractivity contribution in [2.24, 2.45) is 0 Å². The molecule has 3 rings (SSSR count). The summed E-state index contributed by atoms with van der Waals surface area (Å²) in [6.07, 6.45) is -0.00819. The van der Waals surface area contributed by atoms with Crippen molar-refractivity contribution in [3.63, 3.8) is 0 Å². The zero-order chi connectivity index (χ0) is 10.8. The molecule has 0 aromatic heterocycles. The minimum atomic E-state index is -0.00819. The molecule has 0 spiro atoms. The monoisotopic (exact) mass is 212 g/mol. The molecule has 2 nitrogen and oxygen atoms in total. The first-order valence-corrected chi connectivity index (χ1v) is 5.33. The summed E-state index contributed by atoms with van der Waals surface area (Å²) in [4.78, 5) is 0. The van der Waals surface area contributed by atoms with Gasteiger partial charge in [0.2, 0.25) is 0 Å². The van der Waals surface area contributed by atoms with Crippen molar-refractivity contribution in [1.82, 2.24) is 0 Å². The maximum absolute atomic E-state index is 5.67. The van der Waals surface area contributed by atoms with E-state index in [1.54, 1.807) is 0 Å². The second kappa shape index (κ2) is 3.99. The van der Waals surface area contributed by atoms with Crippen LogP contribution in [0.3, 0.4) is 0 Å². The standard InChI is InChI=1S/C14H12O2/c1-2-6-11(7-3-1)14-12-8-4-5-9-13(12)15-10-16-14/h1-9,14H,10H2. The van der Waals surface area contributed by atoms with Gasteiger partial charge in [-0.15, -0.1) is 0 Å². The number of fused-ring (bicyclic) bond motifs is 1. The number of para-hydroxylation sites is 1. The Hall–Kier alpha value is -1.80. The van der Waals surface area contributed by atoms with E-state index >= 15 is 0 Å². The molecule has 0 aliphatic carbocycles. The Morgan fingerprint density at radius 2 is 1.62 bits per heavy atom. The topological polar surface area (TPSA) is 18.5 Å². The van der Waals surface area contributed by atoms with E-state index in [0.717, 1.165) is 11.3 Å². The lowest BCUT2D eigenvalue weighted by Gasteiger charge is -2.26. The van der Waals surface area contributed by atoms with Crippen LogP contribution in [-0.2, 0) is 4.74 Å². The van der Waals surface area contributed by atoms with Crippen LogP contribution in [0.25, 0.3) is 0 Å². The molecular weight excluding hydrogens is 200 g/mol. The maximum atomic E-state index is 5.67. The molecule has 2 aromatic rings. The molecule has 0 fully saturated rings. The minimum Gasteiger partial charge on any atom is -0.467 e. The van der Waals surface area contributed by atoms with Gasteiger partial charge in [0.1, 0.15) is 11.9 Å². The quantitative estimate of drug-likeness (QED) is 0.723. The molecule has 0 amide bonds. The molecule has 2 heteroatoms. The van der Waals surface area contributed by atoms with Crippen molar-refractivity contribution < 1.29 is 9.47 Å². The highest BCUT2D eigenvalue weighted by Gasteiger charge is 2.22. The average Bonchev–Trinajstić information content (AvgIpc) is 2.39. The molecule has 0 radical (unpaired) electrons. The van der Waals surface area contributed by atoms with Gasteiger partial charge < -0.3 is 9.47 Å². The molecule has 0 bridgehead atoms. The Labute approximate surface area is 94.4 Å². The third-order valence-corrected chi connectivity index (χ3v) is 2.75. The highest BCUT2D eigenvalue weighted by Crippen LogP contribution is 2.35. The van der Waals surface area contributed by atoms with Gasteiger partial charge in [-0.05, 0) is 11.6 Å². The molecule has 1 unspecified atom stereocenters. The Bertz CT molecular complexity index is 479. The fraction of sp³-hybridized carbons (Fsp3) is 0.143. The summed E-state index contributed by atoms with van der Waals surface area (Å²) in [5.74, 6) is 0.919. The van der Waals surface area contributed by atoms with E-state index in [0.29, 0.717) is 6.79 Å². The van der Waals surface area contributed by atoms with E-state index < -0.39 is 0 Å². The van der Waals surface area contributed by atoms with E-state index in [2.05, 4.69) is 12.1 Å². The molecule has 2 aromatic carbocycles. The first-order valence-electron chi connectivity index (χ1n) is 5.33. The van der Waals surface area contributed by atoms with E-state index in [1.165, 1.54) is 5.56 Å². The van der Waals surface area contributed by atoms with E-state index in [1.807, 2.05) is 42.5 Å². The van der Waals surface area contributed by atoms with Crippen molar-refractivity contribution in [3.05, 3.63) is 65.7 Å². The van der Waals surface area contributed by atoms with Crippen molar-refractivity contribution in [2.75, 3.05) is 6.79 Å². The van der Waals surface area contributed by atoms with Crippen molar-refractivity contribution in [2.45, 2.75) is 6.10 Å². The van der Waals surface area contributed by atoms with Crippen LogP contribution >= 0.6 is 0 Å². The third-order valence-electron chi connectivity index (χ3n) is 2.75. The van der Waals surface area contributed by atoms with Gasteiger partial charge in [0, 0.05) is 5.56 Å². The van der Waals surface area contributed by atoms with Crippen LogP contribution in [0.15, 0.2) is 54.6 Å². The molecule has 16 heavy (non-hydrogen) atoms.